The molecule has 1 unspecified atom stereocenters. The highest BCUT2D eigenvalue weighted by molar-refractivity contribution is 5.72. The molecule has 0 aromatic heterocycles. The van der Waals surface area contributed by atoms with Crippen molar-refractivity contribution in [3.63, 3.8) is 0 Å². The van der Waals surface area contributed by atoms with Gasteiger partial charge in [0.1, 0.15) is 0 Å². The van der Waals surface area contributed by atoms with Crippen LogP contribution in [-0.2, 0) is 14.3 Å². The monoisotopic (exact) mass is 733 g/mol. The zero-order valence-electron chi connectivity index (χ0n) is 35.4. The summed E-state index contributed by atoms with van der Waals surface area (Å²) in [7, 11) is 0. The Morgan fingerprint density at radius 2 is 0.731 bits per heavy atom. The average molecular weight is 733 g/mol. The molecule has 0 fully saturated rings. The average Bonchev–Trinajstić information content (AvgIpc) is 3.14. The van der Waals surface area contributed by atoms with Crippen LogP contribution in [-0.4, -0.2) is 23.7 Å². The standard InChI is InChI=1S/C48H92O4/c1-3-5-7-9-11-13-15-16-22-25-29-33-37-41-45-52-48(51)46(42-38-34-30-26-14-12-10-8-6-4-2)43-39-35-31-27-23-20-18-17-19-21-24-28-32-36-40-44-47(49)50/h17,19,46H,3-16,18,20-45H2,1-2H3,(H,49,50)/b19-17-. The third-order valence-electron chi connectivity index (χ3n) is 11.1. The molecule has 0 aliphatic rings. The first-order chi connectivity index (χ1) is 25.6. The number of carboxylic acid groups (broad SMARTS) is 1. The largest absolute Gasteiger partial charge is 0.481 e. The van der Waals surface area contributed by atoms with Crippen molar-refractivity contribution in [2.45, 2.75) is 271 Å². The normalized spacial score (nSPS) is 12.2. The summed E-state index contributed by atoms with van der Waals surface area (Å²) in [5, 5.41) is 8.70. The fraction of sp³-hybridized carbons (Fsp3) is 0.917. The van der Waals surface area contributed by atoms with Crippen LogP contribution in [0.5, 0.6) is 0 Å². The highest BCUT2D eigenvalue weighted by Gasteiger charge is 2.19. The van der Waals surface area contributed by atoms with Crippen LogP contribution in [0.25, 0.3) is 0 Å². The number of hydrogen-bond donors (Lipinski definition) is 1. The summed E-state index contributed by atoms with van der Waals surface area (Å²) < 4.78 is 5.88. The predicted octanol–water partition coefficient (Wildman–Crippen LogP) is 16.4. The van der Waals surface area contributed by atoms with Crippen molar-refractivity contribution < 1.29 is 19.4 Å². The lowest BCUT2D eigenvalue weighted by molar-refractivity contribution is -0.149. The van der Waals surface area contributed by atoms with Gasteiger partial charge in [-0.2, -0.15) is 0 Å². The molecule has 1 N–H and O–H groups in total. The van der Waals surface area contributed by atoms with Crippen LogP contribution in [0, 0.1) is 5.92 Å². The third-order valence-corrected chi connectivity index (χ3v) is 11.1. The topological polar surface area (TPSA) is 63.6 Å². The van der Waals surface area contributed by atoms with Crippen molar-refractivity contribution in [2.75, 3.05) is 6.61 Å². The Bertz CT molecular complexity index is 747. The molecule has 4 nitrogen and oxygen atoms in total. The van der Waals surface area contributed by atoms with Gasteiger partial charge in [-0.05, 0) is 51.4 Å². The number of hydrogen-bond acceptors (Lipinski definition) is 3. The molecular formula is C48H92O4. The van der Waals surface area contributed by atoms with Crippen molar-refractivity contribution in [3.8, 4) is 0 Å². The van der Waals surface area contributed by atoms with Gasteiger partial charge in [-0.3, -0.25) is 9.59 Å². The van der Waals surface area contributed by atoms with Gasteiger partial charge in [0.05, 0.1) is 12.5 Å². The van der Waals surface area contributed by atoms with Gasteiger partial charge >= 0.3 is 11.9 Å². The van der Waals surface area contributed by atoms with Crippen molar-refractivity contribution in [3.05, 3.63) is 12.2 Å². The van der Waals surface area contributed by atoms with Crippen LogP contribution in [0.1, 0.15) is 271 Å². The van der Waals surface area contributed by atoms with Crippen molar-refractivity contribution in [1.29, 1.82) is 0 Å². The van der Waals surface area contributed by atoms with Crippen LogP contribution in [0.15, 0.2) is 12.2 Å². The highest BCUT2D eigenvalue weighted by Crippen LogP contribution is 2.22. The molecule has 4 heteroatoms. The Hall–Kier alpha value is -1.32. The third kappa shape index (κ3) is 41.4. The summed E-state index contributed by atoms with van der Waals surface area (Å²) in [5.74, 6) is -0.472. The highest BCUT2D eigenvalue weighted by atomic mass is 16.5. The smallest absolute Gasteiger partial charge is 0.308 e. The number of allylic oxidation sites excluding steroid dienone is 2. The number of unbranched alkanes of at least 4 members (excludes halogenated alkanes) is 33. The molecule has 0 aromatic rings. The lowest BCUT2D eigenvalue weighted by Gasteiger charge is -2.16. The van der Waals surface area contributed by atoms with Crippen LogP contribution in [0.4, 0.5) is 0 Å². The quantitative estimate of drug-likeness (QED) is 0.0385. The second kappa shape index (κ2) is 44.1. The molecule has 0 saturated heterocycles. The maximum atomic E-state index is 13.1. The number of carbonyl (C=O) groups is 2. The molecule has 0 amide bonds. The molecule has 308 valence electrons. The van der Waals surface area contributed by atoms with E-state index in [-0.39, 0.29) is 11.9 Å². The van der Waals surface area contributed by atoms with E-state index < -0.39 is 5.97 Å². The predicted molar refractivity (Wildman–Crippen MR) is 227 cm³/mol. The second-order valence-corrected chi connectivity index (χ2v) is 16.3. The van der Waals surface area contributed by atoms with E-state index in [4.69, 9.17) is 9.84 Å². The van der Waals surface area contributed by atoms with E-state index in [1.165, 1.54) is 199 Å². The van der Waals surface area contributed by atoms with Crippen molar-refractivity contribution >= 4 is 11.9 Å². The van der Waals surface area contributed by atoms with Gasteiger partial charge in [0, 0.05) is 6.42 Å². The molecular weight excluding hydrogens is 641 g/mol. The Morgan fingerprint density at radius 3 is 1.10 bits per heavy atom. The van der Waals surface area contributed by atoms with Crippen LogP contribution in [0.3, 0.4) is 0 Å². The molecule has 1 atom stereocenters. The fourth-order valence-electron chi connectivity index (χ4n) is 7.51. The molecule has 0 rings (SSSR count). The molecule has 0 aromatic carbocycles. The van der Waals surface area contributed by atoms with E-state index in [1.54, 1.807) is 0 Å². The van der Waals surface area contributed by atoms with Crippen LogP contribution >= 0.6 is 0 Å². The molecule has 0 heterocycles. The maximum Gasteiger partial charge on any atom is 0.308 e. The summed E-state index contributed by atoms with van der Waals surface area (Å²) in [6.07, 6.45) is 54.7. The van der Waals surface area contributed by atoms with Crippen molar-refractivity contribution in [2.24, 2.45) is 5.92 Å². The lowest BCUT2D eigenvalue weighted by Crippen LogP contribution is -2.18. The second-order valence-electron chi connectivity index (χ2n) is 16.3. The summed E-state index contributed by atoms with van der Waals surface area (Å²) in [6, 6.07) is 0. The Morgan fingerprint density at radius 1 is 0.423 bits per heavy atom. The molecule has 0 spiro atoms. The number of carboxylic acids is 1. The lowest BCUT2D eigenvalue weighted by atomic mass is 9.94. The van der Waals surface area contributed by atoms with Gasteiger partial charge in [0.25, 0.3) is 0 Å². The van der Waals surface area contributed by atoms with E-state index in [1.807, 2.05) is 0 Å². The Balaban J connectivity index is 4.05. The van der Waals surface area contributed by atoms with Crippen LogP contribution in [0.2, 0.25) is 0 Å². The summed E-state index contributed by atoms with van der Waals surface area (Å²) in [5.41, 5.74) is 0. The number of carbonyl (C=O) groups excluding carboxylic acids is 1. The van der Waals surface area contributed by atoms with E-state index in [2.05, 4.69) is 26.0 Å². The van der Waals surface area contributed by atoms with Crippen LogP contribution < -0.4 is 0 Å². The molecule has 0 aliphatic heterocycles. The Kier molecular flexibility index (Phi) is 43.0. The number of esters is 1. The first-order valence-corrected chi connectivity index (χ1v) is 23.6. The maximum absolute atomic E-state index is 13.1. The van der Waals surface area contributed by atoms with E-state index in [0.717, 1.165) is 51.4 Å². The minimum absolute atomic E-state index is 0.0931. The minimum atomic E-state index is -0.672. The fourth-order valence-corrected chi connectivity index (χ4v) is 7.51. The minimum Gasteiger partial charge on any atom is -0.481 e. The SMILES string of the molecule is CCCCCCCCCCCCCCCCOC(=O)C(CCCCCCCC/C=C\CCCCCCCC(=O)O)CCCCCCCCCCCC. The molecule has 0 bridgehead atoms. The summed E-state index contributed by atoms with van der Waals surface area (Å²) in [6.45, 7) is 5.19. The molecule has 0 saturated carbocycles. The van der Waals surface area contributed by atoms with E-state index >= 15 is 0 Å². The molecule has 52 heavy (non-hydrogen) atoms. The number of rotatable bonds is 44. The van der Waals surface area contributed by atoms with Gasteiger partial charge in [0.2, 0.25) is 0 Å². The van der Waals surface area contributed by atoms with E-state index in [0.29, 0.717) is 13.0 Å². The summed E-state index contributed by atoms with van der Waals surface area (Å²) in [4.78, 5) is 23.7. The van der Waals surface area contributed by atoms with E-state index in [9.17, 15) is 9.59 Å². The molecule has 0 radical (unpaired) electrons. The number of aliphatic carboxylic acids is 1. The first-order valence-electron chi connectivity index (χ1n) is 23.6. The van der Waals surface area contributed by atoms with Gasteiger partial charge < -0.3 is 9.84 Å². The number of ether oxygens (including phenoxy) is 1. The zero-order chi connectivity index (χ0) is 37.8. The Labute approximate surface area is 325 Å². The van der Waals surface area contributed by atoms with Gasteiger partial charge in [-0.15, -0.1) is 0 Å². The zero-order valence-corrected chi connectivity index (χ0v) is 35.4. The van der Waals surface area contributed by atoms with Gasteiger partial charge in [-0.1, -0.05) is 225 Å². The molecule has 0 aliphatic carbocycles. The van der Waals surface area contributed by atoms with Gasteiger partial charge in [-0.25, -0.2) is 0 Å². The first kappa shape index (κ1) is 50.7. The van der Waals surface area contributed by atoms with Gasteiger partial charge in [0.15, 0.2) is 0 Å². The summed E-state index contributed by atoms with van der Waals surface area (Å²) >= 11 is 0. The van der Waals surface area contributed by atoms with Crippen molar-refractivity contribution in [1.82, 2.24) is 0 Å².